The number of rotatable bonds is 5. The lowest BCUT2D eigenvalue weighted by Gasteiger charge is -2.06. The molecule has 134 valence electrons. The van der Waals surface area contributed by atoms with E-state index in [4.69, 9.17) is 0 Å². The number of carbonyl (C=O) groups excluding carboxylic acids is 1. The van der Waals surface area contributed by atoms with Crippen LogP contribution in [0.25, 0.3) is 21.0 Å². The van der Waals surface area contributed by atoms with Gasteiger partial charge in [-0.15, -0.1) is 11.3 Å². The van der Waals surface area contributed by atoms with E-state index in [-0.39, 0.29) is 11.2 Å². The Labute approximate surface area is 165 Å². The number of hydrogen-bond donors (Lipinski definition) is 1. The van der Waals surface area contributed by atoms with E-state index in [0.29, 0.717) is 0 Å². The van der Waals surface area contributed by atoms with Gasteiger partial charge in [-0.3, -0.25) is 4.79 Å². The van der Waals surface area contributed by atoms with Gasteiger partial charge in [0, 0.05) is 0 Å². The van der Waals surface area contributed by atoms with Crippen LogP contribution < -0.4 is 5.43 Å². The van der Waals surface area contributed by atoms with Crippen LogP contribution in [0.2, 0.25) is 0 Å². The van der Waals surface area contributed by atoms with Crippen molar-refractivity contribution in [3.05, 3.63) is 72.3 Å². The van der Waals surface area contributed by atoms with Gasteiger partial charge in [0.2, 0.25) is 0 Å². The maximum atomic E-state index is 12.3. The Bertz CT molecular complexity index is 1100. The summed E-state index contributed by atoms with van der Waals surface area (Å²) in [5.74, 6) is -0.142. The molecular formula is C21H17N3OS2. The highest BCUT2D eigenvalue weighted by Gasteiger charge is 2.16. The number of para-hydroxylation sites is 1. The van der Waals surface area contributed by atoms with Crippen molar-refractivity contribution < 1.29 is 4.79 Å². The standard InChI is InChI=1S/C21H17N3OS2/c1-14(26-21-23-18-8-4-5-9-19(18)27-21)20(25)24-22-13-15-10-11-16-6-2-3-7-17(16)12-15/h2-14H,1H3,(H,24,25)/b22-13-/t14-/m0/s1. The van der Waals surface area contributed by atoms with Crippen molar-refractivity contribution in [2.45, 2.75) is 16.5 Å². The summed E-state index contributed by atoms with van der Waals surface area (Å²) < 4.78 is 2.01. The molecule has 0 aliphatic carbocycles. The van der Waals surface area contributed by atoms with Crippen LogP contribution in [-0.2, 0) is 4.79 Å². The molecular weight excluding hydrogens is 374 g/mol. The Balaban J connectivity index is 1.38. The topological polar surface area (TPSA) is 54.4 Å². The van der Waals surface area contributed by atoms with Gasteiger partial charge in [0.1, 0.15) is 0 Å². The second-order valence-corrected chi connectivity index (χ2v) is 8.67. The lowest BCUT2D eigenvalue weighted by molar-refractivity contribution is -0.120. The predicted octanol–water partition coefficient (Wildman–Crippen LogP) is 5.08. The summed E-state index contributed by atoms with van der Waals surface area (Å²) in [6, 6.07) is 22.2. The number of aromatic nitrogens is 1. The molecule has 4 nitrogen and oxygen atoms in total. The zero-order chi connectivity index (χ0) is 18.6. The first-order valence-corrected chi connectivity index (χ1v) is 10.2. The lowest BCUT2D eigenvalue weighted by atomic mass is 10.1. The summed E-state index contributed by atoms with van der Waals surface area (Å²) in [6.07, 6.45) is 1.67. The third-order valence-corrected chi connectivity index (χ3v) is 6.31. The van der Waals surface area contributed by atoms with Crippen molar-refractivity contribution in [1.29, 1.82) is 0 Å². The summed E-state index contributed by atoms with van der Waals surface area (Å²) in [4.78, 5) is 16.9. The molecule has 0 unspecified atom stereocenters. The molecule has 0 bridgehead atoms. The smallest absolute Gasteiger partial charge is 0.253 e. The van der Waals surface area contributed by atoms with Gasteiger partial charge in [-0.2, -0.15) is 5.10 Å². The van der Waals surface area contributed by atoms with E-state index in [2.05, 4.69) is 27.6 Å². The minimum absolute atomic E-state index is 0.142. The molecule has 0 fully saturated rings. The van der Waals surface area contributed by atoms with Crippen LogP contribution in [-0.4, -0.2) is 22.4 Å². The highest BCUT2D eigenvalue weighted by atomic mass is 32.2. The fourth-order valence-electron chi connectivity index (χ4n) is 2.66. The third-order valence-electron chi connectivity index (χ3n) is 4.08. The number of fused-ring (bicyclic) bond motifs is 2. The monoisotopic (exact) mass is 391 g/mol. The van der Waals surface area contributed by atoms with Crippen LogP contribution in [0.5, 0.6) is 0 Å². The van der Waals surface area contributed by atoms with E-state index >= 15 is 0 Å². The molecule has 6 heteroatoms. The van der Waals surface area contributed by atoms with Crippen LogP contribution in [0.4, 0.5) is 0 Å². The number of nitrogens with one attached hydrogen (secondary N) is 1. The zero-order valence-electron chi connectivity index (χ0n) is 14.6. The first-order valence-electron chi connectivity index (χ1n) is 8.53. The molecule has 4 rings (SSSR count). The normalized spacial score (nSPS) is 12.6. The Hall–Kier alpha value is -2.70. The van der Waals surface area contributed by atoms with Gasteiger partial charge in [0.05, 0.1) is 21.7 Å². The number of hydrogen-bond acceptors (Lipinski definition) is 5. The number of hydrazone groups is 1. The van der Waals surface area contributed by atoms with Crippen molar-refractivity contribution in [1.82, 2.24) is 10.4 Å². The highest BCUT2D eigenvalue weighted by Crippen LogP contribution is 2.31. The Morgan fingerprint density at radius 3 is 2.74 bits per heavy atom. The van der Waals surface area contributed by atoms with E-state index in [1.807, 2.05) is 61.5 Å². The van der Waals surface area contributed by atoms with Gasteiger partial charge < -0.3 is 0 Å². The first-order chi connectivity index (χ1) is 13.2. The van der Waals surface area contributed by atoms with Gasteiger partial charge in [-0.25, -0.2) is 10.4 Å². The van der Waals surface area contributed by atoms with Crippen LogP contribution in [0, 0.1) is 0 Å². The number of amides is 1. The van der Waals surface area contributed by atoms with E-state index < -0.39 is 0 Å². The van der Waals surface area contributed by atoms with E-state index in [1.54, 1.807) is 17.6 Å². The SMILES string of the molecule is C[C@H](Sc1nc2ccccc2s1)C(=O)N/N=C\c1ccc2ccccc2c1. The van der Waals surface area contributed by atoms with Crippen molar-refractivity contribution in [2.24, 2.45) is 5.10 Å². The second kappa shape index (κ2) is 7.90. The zero-order valence-corrected chi connectivity index (χ0v) is 16.3. The van der Waals surface area contributed by atoms with Crippen LogP contribution in [0.1, 0.15) is 12.5 Å². The summed E-state index contributed by atoms with van der Waals surface area (Å²) in [5.41, 5.74) is 4.53. The molecule has 1 N–H and O–H groups in total. The van der Waals surface area contributed by atoms with Crippen LogP contribution >= 0.6 is 23.1 Å². The maximum Gasteiger partial charge on any atom is 0.253 e. The predicted molar refractivity (Wildman–Crippen MR) is 115 cm³/mol. The minimum atomic E-state index is -0.278. The number of nitrogens with zero attached hydrogens (tertiary/aromatic N) is 2. The average Bonchev–Trinajstić information content (AvgIpc) is 3.10. The minimum Gasteiger partial charge on any atom is -0.272 e. The number of benzene rings is 3. The van der Waals surface area contributed by atoms with Crippen molar-refractivity contribution in [3.63, 3.8) is 0 Å². The number of thiazole rings is 1. The first kappa shape index (κ1) is 17.7. The quantitative estimate of drug-likeness (QED) is 0.293. The number of carbonyl (C=O) groups is 1. The average molecular weight is 392 g/mol. The summed E-state index contributed by atoms with van der Waals surface area (Å²) in [7, 11) is 0. The van der Waals surface area contributed by atoms with Crippen LogP contribution in [0.15, 0.2) is 76.2 Å². The fourth-order valence-corrected chi connectivity index (χ4v) is 4.86. The highest BCUT2D eigenvalue weighted by molar-refractivity contribution is 8.02. The van der Waals surface area contributed by atoms with Crippen molar-refractivity contribution >= 4 is 56.2 Å². The van der Waals surface area contributed by atoms with Gasteiger partial charge in [0.15, 0.2) is 4.34 Å². The van der Waals surface area contributed by atoms with Crippen molar-refractivity contribution in [2.75, 3.05) is 0 Å². The molecule has 0 saturated heterocycles. The lowest BCUT2D eigenvalue weighted by Crippen LogP contribution is -2.26. The summed E-state index contributed by atoms with van der Waals surface area (Å²) in [5, 5.41) is 6.15. The molecule has 3 aromatic carbocycles. The molecule has 4 aromatic rings. The maximum absolute atomic E-state index is 12.3. The van der Waals surface area contributed by atoms with E-state index in [1.165, 1.54) is 17.1 Å². The second-order valence-electron chi connectivity index (χ2n) is 6.05. The van der Waals surface area contributed by atoms with Gasteiger partial charge in [-0.1, -0.05) is 60.3 Å². The summed E-state index contributed by atoms with van der Waals surface area (Å²) >= 11 is 3.05. The Morgan fingerprint density at radius 2 is 1.89 bits per heavy atom. The largest absolute Gasteiger partial charge is 0.272 e. The molecule has 0 saturated carbocycles. The molecule has 1 aromatic heterocycles. The van der Waals surface area contributed by atoms with Crippen LogP contribution in [0.3, 0.4) is 0 Å². The summed E-state index contributed by atoms with van der Waals surface area (Å²) in [6.45, 7) is 1.86. The number of thioether (sulfide) groups is 1. The molecule has 1 amide bonds. The van der Waals surface area contributed by atoms with Gasteiger partial charge in [0.25, 0.3) is 5.91 Å². The molecule has 0 spiro atoms. The third kappa shape index (κ3) is 4.18. The molecule has 27 heavy (non-hydrogen) atoms. The Kier molecular flexibility index (Phi) is 5.18. The van der Waals surface area contributed by atoms with Gasteiger partial charge >= 0.3 is 0 Å². The van der Waals surface area contributed by atoms with E-state index in [0.717, 1.165) is 25.5 Å². The molecule has 0 aliphatic rings. The fraction of sp³-hybridized carbons (Fsp3) is 0.0952. The van der Waals surface area contributed by atoms with Gasteiger partial charge in [-0.05, 0) is 41.5 Å². The molecule has 1 atom stereocenters. The molecule has 0 aliphatic heterocycles. The molecule has 0 radical (unpaired) electrons. The molecule has 1 heterocycles. The Morgan fingerprint density at radius 1 is 1.11 bits per heavy atom. The van der Waals surface area contributed by atoms with E-state index in [9.17, 15) is 4.79 Å². The van der Waals surface area contributed by atoms with Crippen molar-refractivity contribution in [3.8, 4) is 0 Å².